The summed E-state index contributed by atoms with van der Waals surface area (Å²) < 4.78 is 11.2. The van der Waals surface area contributed by atoms with E-state index in [-0.39, 0.29) is 6.61 Å². The molecule has 1 N–H and O–H groups in total. The maximum absolute atomic E-state index is 9.43. The first-order valence-corrected chi connectivity index (χ1v) is 6.64. The molecular formula is C13H20BrNO3. The summed E-state index contributed by atoms with van der Waals surface area (Å²) in [6.07, 6.45) is 0. The average molecular weight is 318 g/mol. The van der Waals surface area contributed by atoms with E-state index in [1.54, 1.807) is 14.2 Å². The van der Waals surface area contributed by atoms with Gasteiger partial charge in [-0.2, -0.15) is 0 Å². The van der Waals surface area contributed by atoms with E-state index in [1.165, 1.54) is 0 Å². The Hall–Kier alpha value is -0.620. The van der Waals surface area contributed by atoms with Gasteiger partial charge in [0.05, 0.1) is 19.8 Å². The number of benzene rings is 1. The van der Waals surface area contributed by atoms with E-state index in [4.69, 9.17) is 9.47 Å². The Labute approximate surface area is 117 Å². The van der Waals surface area contributed by atoms with Crippen molar-refractivity contribution >= 4 is 21.6 Å². The lowest BCUT2D eigenvalue weighted by Crippen LogP contribution is -2.31. The van der Waals surface area contributed by atoms with Crippen molar-refractivity contribution in [2.75, 3.05) is 45.4 Å². The number of nitrogens with zero attached hydrogens (tertiary/aromatic N) is 1. The highest BCUT2D eigenvalue weighted by atomic mass is 79.9. The number of ether oxygens (including phenoxy) is 2. The predicted molar refractivity (Wildman–Crippen MR) is 76.0 cm³/mol. The van der Waals surface area contributed by atoms with E-state index in [2.05, 4.69) is 20.8 Å². The minimum atomic E-state index is 0.0191. The lowest BCUT2D eigenvalue weighted by atomic mass is 10.1. The number of anilines is 1. The summed E-state index contributed by atoms with van der Waals surface area (Å²) >= 11 is 3.41. The van der Waals surface area contributed by atoms with E-state index in [0.29, 0.717) is 13.2 Å². The summed E-state index contributed by atoms with van der Waals surface area (Å²) in [6, 6.07) is 5.91. The molecule has 0 amide bonds. The van der Waals surface area contributed by atoms with E-state index < -0.39 is 0 Å². The summed E-state index contributed by atoms with van der Waals surface area (Å²) in [4.78, 5) is 2.16. The molecule has 0 radical (unpaired) electrons. The molecule has 0 atom stereocenters. The van der Waals surface area contributed by atoms with Gasteiger partial charge in [-0.05, 0) is 18.2 Å². The topological polar surface area (TPSA) is 41.9 Å². The van der Waals surface area contributed by atoms with Crippen LogP contribution in [0.3, 0.4) is 0 Å². The number of rotatable bonds is 8. The van der Waals surface area contributed by atoms with Gasteiger partial charge in [0.15, 0.2) is 0 Å². The van der Waals surface area contributed by atoms with E-state index in [0.717, 1.165) is 28.8 Å². The van der Waals surface area contributed by atoms with Crippen LogP contribution in [0, 0.1) is 0 Å². The van der Waals surface area contributed by atoms with Crippen LogP contribution in [0.4, 0.5) is 5.69 Å². The van der Waals surface area contributed by atoms with Crippen LogP contribution in [0.5, 0.6) is 0 Å². The predicted octanol–water partition coefficient (Wildman–Crippen LogP) is 2.04. The molecule has 18 heavy (non-hydrogen) atoms. The highest BCUT2D eigenvalue weighted by Gasteiger charge is 2.11. The van der Waals surface area contributed by atoms with Crippen molar-refractivity contribution in [1.82, 2.24) is 0 Å². The Balaban J connectivity index is 2.88. The Bertz CT molecular complexity index is 352. The molecule has 0 aliphatic heterocycles. The van der Waals surface area contributed by atoms with Gasteiger partial charge >= 0.3 is 0 Å². The largest absolute Gasteiger partial charge is 0.392 e. The fourth-order valence-corrected chi connectivity index (χ4v) is 2.15. The third-order valence-electron chi connectivity index (χ3n) is 2.68. The summed E-state index contributed by atoms with van der Waals surface area (Å²) in [5.74, 6) is 0. The van der Waals surface area contributed by atoms with Gasteiger partial charge in [-0.25, -0.2) is 0 Å². The molecule has 0 aromatic heterocycles. The molecule has 0 fully saturated rings. The normalized spacial score (nSPS) is 10.7. The molecule has 0 saturated heterocycles. The summed E-state index contributed by atoms with van der Waals surface area (Å²) in [6.45, 7) is 2.85. The molecule has 1 rings (SSSR count). The first kappa shape index (κ1) is 15.4. The molecular weight excluding hydrogens is 298 g/mol. The molecule has 1 aromatic carbocycles. The lowest BCUT2D eigenvalue weighted by Gasteiger charge is -2.26. The Morgan fingerprint density at radius 3 is 2.28 bits per heavy atom. The minimum Gasteiger partial charge on any atom is -0.392 e. The second-order valence-corrected chi connectivity index (χ2v) is 4.82. The van der Waals surface area contributed by atoms with Crippen LogP contribution in [-0.2, 0) is 16.1 Å². The zero-order chi connectivity index (χ0) is 13.4. The number of hydrogen-bond acceptors (Lipinski definition) is 4. The van der Waals surface area contributed by atoms with E-state index in [9.17, 15) is 5.11 Å². The molecule has 0 unspecified atom stereocenters. The van der Waals surface area contributed by atoms with Gasteiger partial charge in [-0.1, -0.05) is 15.9 Å². The van der Waals surface area contributed by atoms with Crippen molar-refractivity contribution in [3.8, 4) is 0 Å². The van der Waals surface area contributed by atoms with Crippen molar-refractivity contribution < 1.29 is 14.6 Å². The molecule has 0 spiro atoms. The zero-order valence-electron chi connectivity index (χ0n) is 10.9. The number of aliphatic hydroxyl groups is 1. The lowest BCUT2D eigenvalue weighted by molar-refractivity contribution is 0.190. The van der Waals surface area contributed by atoms with Crippen LogP contribution in [0.15, 0.2) is 22.7 Å². The van der Waals surface area contributed by atoms with Crippen LogP contribution in [0.1, 0.15) is 5.56 Å². The van der Waals surface area contributed by atoms with Gasteiger partial charge in [0, 0.05) is 43.0 Å². The smallest absolute Gasteiger partial charge is 0.0702 e. The minimum absolute atomic E-state index is 0.0191. The Kier molecular flexibility index (Phi) is 7.27. The first-order valence-electron chi connectivity index (χ1n) is 5.85. The fourth-order valence-electron chi connectivity index (χ4n) is 1.74. The van der Waals surface area contributed by atoms with Crippen LogP contribution < -0.4 is 4.90 Å². The van der Waals surface area contributed by atoms with Crippen LogP contribution >= 0.6 is 15.9 Å². The van der Waals surface area contributed by atoms with E-state index >= 15 is 0 Å². The van der Waals surface area contributed by atoms with Gasteiger partial charge in [0.25, 0.3) is 0 Å². The number of hydrogen-bond donors (Lipinski definition) is 1. The summed E-state index contributed by atoms with van der Waals surface area (Å²) in [5.41, 5.74) is 1.92. The van der Waals surface area contributed by atoms with Gasteiger partial charge in [-0.3, -0.25) is 0 Å². The SMILES string of the molecule is COCCN(CCOC)c1ccc(Br)cc1CO. The third-order valence-corrected chi connectivity index (χ3v) is 3.18. The molecule has 0 saturated carbocycles. The molecule has 1 aromatic rings. The fraction of sp³-hybridized carbons (Fsp3) is 0.538. The van der Waals surface area contributed by atoms with Crippen molar-refractivity contribution in [1.29, 1.82) is 0 Å². The quantitative estimate of drug-likeness (QED) is 0.796. The Morgan fingerprint density at radius 1 is 1.17 bits per heavy atom. The molecule has 0 aliphatic rings. The molecule has 0 bridgehead atoms. The van der Waals surface area contributed by atoms with Crippen LogP contribution in [-0.4, -0.2) is 45.6 Å². The molecule has 102 valence electrons. The Morgan fingerprint density at radius 2 is 1.78 bits per heavy atom. The monoisotopic (exact) mass is 317 g/mol. The van der Waals surface area contributed by atoms with Gasteiger partial charge in [0.2, 0.25) is 0 Å². The summed E-state index contributed by atoms with van der Waals surface area (Å²) in [5, 5.41) is 9.43. The van der Waals surface area contributed by atoms with Gasteiger partial charge in [0.1, 0.15) is 0 Å². The maximum Gasteiger partial charge on any atom is 0.0702 e. The molecule has 4 nitrogen and oxygen atoms in total. The number of halogens is 1. The highest BCUT2D eigenvalue weighted by Crippen LogP contribution is 2.24. The first-order chi connectivity index (χ1) is 8.72. The van der Waals surface area contributed by atoms with Crippen LogP contribution in [0.25, 0.3) is 0 Å². The van der Waals surface area contributed by atoms with E-state index in [1.807, 2.05) is 18.2 Å². The molecule has 0 heterocycles. The van der Waals surface area contributed by atoms with Crippen molar-refractivity contribution in [3.05, 3.63) is 28.2 Å². The van der Waals surface area contributed by atoms with Crippen molar-refractivity contribution in [2.45, 2.75) is 6.61 Å². The highest BCUT2D eigenvalue weighted by molar-refractivity contribution is 9.10. The molecule has 5 heteroatoms. The summed E-state index contributed by atoms with van der Waals surface area (Å²) in [7, 11) is 3.37. The van der Waals surface area contributed by atoms with Crippen molar-refractivity contribution in [2.24, 2.45) is 0 Å². The average Bonchev–Trinajstić information content (AvgIpc) is 2.39. The second kappa shape index (κ2) is 8.48. The zero-order valence-corrected chi connectivity index (χ0v) is 12.4. The maximum atomic E-state index is 9.43. The number of methoxy groups -OCH3 is 2. The van der Waals surface area contributed by atoms with Gasteiger partial charge < -0.3 is 19.5 Å². The van der Waals surface area contributed by atoms with Gasteiger partial charge in [-0.15, -0.1) is 0 Å². The number of aliphatic hydroxyl groups excluding tert-OH is 1. The second-order valence-electron chi connectivity index (χ2n) is 3.90. The standard InChI is InChI=1S/C13H20BrNO3/c1-17-7-5-15(6-8-18-2)13-4-3-12(14)9-11(13)10-16/h3-4,9,16H,5-8,10H2,1-2H3. The molecule has 0 aliphatic carbocycles. The third kappa shape index (κ3) is 4.57. The van der Waals surface area contributed by atoms with Crippen LogP contribution in [0.2, 0.25) is 0 Å². The van der Waals surface area contributed by atoms with Crippen molar-refractivity contribution in [3.63, 3.8) is 0 Å².